The van der Waals surface area contributed by atoms with Crippen molar-refractivity contribution in [2.45, 2.75) is 64.9 Å². The molecule has 2 aromatic heterocycles. The molecule has 3 rings (SSSR count). The van der Waals surface area contributed by atoms with Gasteiger partial charge in [-0.05, 0) is 33.1 Å². The van der Waals surface area contributed by atoms with Gasteiger partial charge in [0.1, 0.15) is 11.3 Å². The molecule has 5 heteroatoms. The van der Waals surface area contributed by atoms with Crippen LogP contribution in [0.5, 0.6) is 0 Å². The molecule has 0 amide bonds. The van der Waals surface area contributed by atoms with E-state index in [9.17, 15) is 0 Å². The molecule has 0 bridgehead atoms. The van der Waals surface area contributed by atoms with Crippen LogP contribution >= 0.6 is 11.6 Å². The summed E-state index contributed by atoms with van der Waals surface area (Å²) in [6, 6.07) is 0. The highest BCUT2D eigenvalue weighted by atomic mass is 35.5. The minimum absolute atomic E-state index is 0.0616. The smallest absolute Gasteiger partial charge is 0.158 e. The molecule has 0 radical (unpaired) electrons. The van der Waals surface area contributed by atoms with Crippen molar-refractivity contribution in [3.63, 3.8) is 0 Å². The number of rotatable bonds is 5. The number of halogens is 1. The number of alkyl halides is 1. The third-order valence-electron chi connectivity index (χ3n) is 4.47. The zero-order valence-corrected chi connectivity index (χ0v) is 13.3. The van der Waals surface area contributed by atoms with Gasteiger partial charge >= 0.3 is 0 Å². The Morgan fingerprint density at radius 1 is 1.40 bits per heavy atom. The molecule has 1 saturated carbocycles. The fourth-order valence-electron chi connectivity index (χ4n) is 3.08. The minimum atomic E-state index is -0.0616. The molecule has 2 heterocycles. The van der Waals surface area contributed by atoms with E-state index in [1.807, 2.05) is 13.8 Å². The lowest BCUT2D eigenvalue weighted by Crippen LogP contribution is -2.16. The zero-order valence-electron chi connectivity index (χ0n) is 12.6. The average Bonchev–Trinajstić information content (AvgIpc) is 2.86. The average molecular weight is 295 g/mol. The lowest BCUT2D eigenvalue weighted by atomic mass is 9.83. The molecule has 1 aliphatic rings. The number of imidazole rings is 1. The second-order valence-corrected chi connectivity index (χ2v) is 6.55. The van der Waals surface area contributed by atoms with Crippen LogP contribution in [0.1, 0.15) is 56.4 Å². The molecule has 1 fully saturated rings. The first-order valence-corrected chi connectivity index (χ1v) is 8.13. The van der Waals surface area contributed by atoms with Gasteiger partial charge in [0.05, 0.1) is 11.1 Å². The normalized spacial score (nSPS) is 17.6. The maximum atomic E-state index is 6.33. The van der Waals surface area contributed by atoms with Gasteiger partial charge in [-0.15, -0.1) is 11.6 Å². The van der Waals surface area contributed by atoms with Crippen molar-refractivity contribution in [3.8, 4) is 0 Å². The Morgan fingerprint density at radius 3 is 2.70 bits per heavy atom. The van der Waals surface area contributed by atoms with Crippen molar-refractivity contribution in [1.29, 1.82) is 0 Å². The highest BCUT2D eigenvalue weighted by molar-refractivity contribution is 6.20. The van der Waals surface area contributed by atoms with E-state index in [1.165, 1.54) is 25.7 Å². The van der Waals surface area contributed by atoms with Gasteiger partial charge in [0.15, 0.2) is 5.65 Å². The fraction of sp³-hybridized carbons (Fsp3) is 0.733. The van der Waals surface area contributed by atoms with Crippen LogP contribution in [0.4, 0.5) is 0 Å². The van der Waals surface area contributed by atoms with Crippen LogP contribution in [0, 0.1) is 12.8 Å². The number of hydrogen-bond acceptors (Lipinski definition) is 2. The third-order valence-corrected chi connectivity index (χ3v) is 4.66. The second-order valence-electron chi connectivity index (χ2n) is 5.90. The van der Waals surface area contributed by atoms with Crippen molar-refractivity contribution < 1.29 is 0 Å². The summed E-state index contributed by atoms with van der Waals surface area (Å²) < 4.78 is 4.36. The van der Waals surface area contributed by atoms with Crippen molar-refractivity contribution in [3.05, 3.63) is 11.5 Å². The van der Waals surface area contributed by atoms with E-state index >= 15 is 0 Å². The maximum Gasteiger partial charge on any atom is 0.158 e. The summed E-state index contributed by atoms with van der Waals surface area (Å²) in [5.41, 5.74) is 3.16. The van der Waals surface area contributed by atoms with Crippen LogP contribution < -0.4 is 0 Å². The molecule has 0 saturated heterocycles. The van der Waals surface area contributed by atoms with Gasteiger partial charge in [0.25, 0.3) is 0 Å². The first kappa shape index (κ1) is 13.9. The lowest BCUT2D eigenvalue weighted by Gasteiger charge is -2.25. The topological polar surface area (TPSA) is 35.6 Å². The van der Waals surface area contributed by atoms with Gasteiger partial charge in [0.2, 0.25) is 0 Å². The van der Waals surface area contributed by atoms with Crippen LogP contribution in [0.3, 0.4) is 0 Å². The van der Waals surface area contributed by atoms with Crippen LogP contribution in [-0.2, 0) is 13.1 Å². The van der Waals surface area contributed by atoms with Crippen LogP contribution in [0.15, 0.2) is 0 Å². The first-order valence-electron chi connectivity index (χ1n) is 7.69. The minimum Gasteiger partial charge on any atom is -0.312 e. The quantitative estimate of drug-likeness (QED) is 0.780. The Kier molecular flexibility index (Phi) is 3.76. The molecule has 2 aromatic rings. The molecule has 110 valence electrons. The number of aromatic nitrogens is 4. The molecular weight excluding hydrogens is 272 g/mol. The molecule has 1 aliphatic carbocycles. The summed E-state index contributed by atoms with van der Waals surface area (Å²) in [6.45, 7) is 8.04. The Labute approximate surface area is 125 Å². The van der Waals surface area contributed by atoms with E-state index in [0.29, 0.717) is 0 Å². The van der Waals surface area contributed by atoms with Crippen LogP contribution in [-0.4, -0.2) is 19.3 Å². The zero-order chi connectivity index (χ0) is 14.3. The second kappa shape index (κ2) is 5.40. The van der Waals surface area contributed by atoms with Gasteiger partial charge in [-0.1, -0.05) is 19.3 Å². The SMILES string of the molecule is CCn1nc(C)c2nc(C(C)Cl)n(CCC3CCC3)c21. The van der Waals surface area contributed by atoms with Gasteiger partial charge in [-0.2, -0.15) is 5.10 Å². The van der Waals surface area contributed by atoms with E-state index in [2.05, 4.69) is 21.3 Å². The molecule has 20 heavy (non-hydrogen) atoms. The Hall–Kier alpha value is -1.03. The van der Waals surface area contributed by atoms with Gasteiger partial charge < -0.3 is 4.57 Å². The van der Waals surface area contributed by atoms with Gasteiger partial charge in [0, 0.05) is 13.1 Å². The van der Waals surface area contributed by atoms with Crippen molar-refractivity contribution >= 4 is 22.8 Å². The largest absolute Gasteiger partial charge is 0.312 e. The van der Waals surface area contributed by atoms with E-state index in [0.717, 1.165) is 41.7 Å². The molecule has 0 spiro atoms. The number of fused-ring (bicyclic) bond motifs is 1. The monoisotopic (exact) mass is 294 g/mol. The Bertz CT molecular complexity index is 607. The summed E-state index contributed by atoms with van der Waals surface area (Å²) in [4.78, 5) is 4.75. The molecular formula is C15H23ClN4. The number of aryl methyl sites for hydroxylation is 3. The first-order chi connectivity index (χ1) is 9.61. The summed E-state index contributed by atoms with van der Waals surface area (Å²) in [5, 5.41) is 4.52. The summed E-state index contributed by atoms with van der Waals surface area (Å²) in [6.07, 6.45) is 5.40. The van der Waals surface area contributed by atoms with Crippen molar-refractivity contribution in [1.82, 2.24) is 19.3 Å². The predicted molar refractivity (Wildman–Crippen MR) is 82.2 cm³/mol. The van der Waals surface area contributed by atoms with Crippen molar-refractivity contribution in [2.75, 3.05) is 0 Å². The molecule has 1 unspecified atom stereocenters. The summed E-state index contributed by atoms with van der Waals surface area (Å²) >= 11 is 6.33. The maximum absolute atomic E-state index is 6.33. The highest BCUT2D eigenvalue weighted by Crippen LogP contribution is 2.32. The third kappa shape index (κ3) is 2.24. The summed E-state index contributed by atoms with van der Waals surface area (Å²) in [5.74, 6) is 1.88. The summed E-state index contributed by atoms with van der Waals surface area (Å²) in [7, 11) is 0. The molecule has 0 aliphatic heterocycles. The highest BCUT2D eigenvalue weighted by Gasteiger charge is 2.23. The van der Waals surface area contributed by atoms with E-state index < -0.39 is 0 Å². The number of nitrogens with zero attached hydrogens (tertiary/aromatic N) is 4. The number of hydrogen-bond donors (Lipinski definition) is 0. The Balaban J connectivity index is 2.01. The predicted octanol–water partition coefficient (Wildman–Crippen LogP) is 4.05. The molecule has 0 N–H and O–H groups in total. The molecule has 4 nitrogen and oxygen atoms in total. The van der Waals surface area contributed by atoms with Gasteiger partial charge in [-0.3, -0.25) is 0 Å². The lowest BCUT2D eigenvalue weighted by molar-refractivity contribution is 0.281. The van der Waals surface area contributed by atoms with Gasteiger partial charge in [-0.25, -0.2) is 9.67 Å². The standard InChI is InChI=1S/C15H23ClN4/c1-4-20-15-13(11(3)18-20)17-14(10(2)16)19(15)9-8-12-6-5-7-12/h10,12H,4-9H2,1-3H3. The van der Waals surface area contributed by atoms with Crippen molar-refractivity contribution in [2.24, 2.45) is 5.92 Å². The Morgan fingerprint density at radius 2 is 2.15 bits per heavy atom. The van der Waals surface area contributed by atoms with Crippen LogP contribution in [0.2, 0.25) is 0 Å². The van der Waals surface area contributed by atoms with E-state index in [-0.39, 0.29) is 5.38 Å². The van der Waals surface area contributed by atoms with Crippen LogP contribution in [0.25, 0.3) is 11.2 Å². The fourth-order valence-corrected chi connectivity index (χ4v) is 3.25. The van der Waals surface area contributed by atoms with E-state index in [1.54, 1.807) is 0 Å². The van der Waals surface area contributed by atoms with E-state index in [4.69, 9.17) is 16.6 Å². The molecule has 1 atom stereocenters. The molecule has 0 aromatic carbocycles.